The van der Waals surface area contributed by atoms with Crippen molar-refractivity contribution in [2.75, 3.05) is 24.2 Å². The minimum Gasteiger partial charge on any atom is -0.398 e. The Balaban J connectivity index is 2.94. The summed E-state index contributed by atoms with van der Waals surface area (Å²) in [5, 5.41) is 9.73. The number of ketones is 1. The number of aliphatic hydroxyl groups is 1. The molecular weight excluding hydrogens is 216 g/mol. The molecule has 0 unspecified atom stereocenters. The maximum absolute atomic E-state index is 11.2. The number of hydrogen-bond donors (Lipinski definition) is 2. The summed E-state index contributed by atoms with van der Waals surface area (Å²) < 4.78 is 0. The van der Waals surface area contributed by atoms with Crippen LogP contribution >= 0.6 is 0 Å². The maximum Gasteiger partial charge on any atom is 0.161 e. The predicted molar refractivity (Wildman–Crippen MR) is 70.4 cm³/mol. The van der Waals surface area contributed by atoms with E-state index in [0.29, 0.717) is 17.8 Å². The molecule has 3 N–H and O–H groups in total. The number of carbonyl (C=O) groups is 1. The van der Waals surface area contributed by atoms with Crippen LogP contribution < -0.4 is 10.6 Å². The van der Waals surface area contributed by atoms with Gasteiger partial charge < -0.3 is 15.7 Å². The lowest BCUT2D eigenvalue weighted by Gasteiger charge is -2.27. The fraction of sp³-hybridized carbons (Fsp3) is 0.462. The number of hydrogen-bond acceptors (Lipinski definition) is 4. The van der Waals surface area contributed by atoms with Gasteiger partial charge in [0.15, 0.2) is 5.78 Å². The Kier molecular flexibility index (Phi) is 3.78. The van der Waals surface area contributed by atoms with Gasteiger partial charge in [-0.2, -0.15) is 0 Å². The molecule has 0 saturated heterocycles. The van der Waals surface area contributed by atoms with Gasteiger partial charge in [0.25, 0.3) is 0 Å². The molecule has 0 radical (unpaired) electrons. The number of carbonyl (C=O) groups excluding carboxylic acids is 1. The van der Waals surface area contributed by atoms with E-state index in [1.807, 2.05) is 18.0 Å². The van der Waals surface area contributed by atoms with Gasteiger partial charge in [-0.1, -0.05) is 0 Å². The molecule has 4 heteroatoms. The van der Waals surface area contributed by atoms with Gasteiger partial charge in [-0.25, -0.2) is 0 Å². The molecule has 1 aromatic carbocycles. The third kappa shape index (κ3) is 3.75. The minimum absolute atomic E-state index is 0.0424. The Labute approximate surface area is 102 Å². The van der Waals surface area contributed by atoms with E-state index in [1.54, 1.807) is 26.0 Å². The summed E-state index contributed by atoms with van der Waals surface area (Å²) in [6.07, 6.45) is 0. The average Bonchev–Trinajstić information content (AvgIpc) is 2.14. The van der Waals surface area contributed by atoms with E-state index in [0.717, 1.165) is 5.69 Å². The lowest BCUT2D eigenvalue weighted by atomic mass is 10.1. The van der Waals surface area contributed by atoms with Crippen molar-refractivity contribution in [3.63, 3.8) is 0 Å². The Morgan fingerprint density at radius 3 is 2.47 bits per heavy atom. The summed E-state index contributed by atoms with van der Waals surface area (Å²) in [6, 6.07) is 5.30. The quantitative estimate of drug-likeness (QED) is 0.616. The second-order valence-corrected chi connectivity index (χ2v) is 5.00. The number of Topliss-reactive ketones (excluding diaryl/α,β-unsaturated/α-hetero) is 1. The van der Waals surface area contributed by atoms with Crippen molar-refractivity contribution in [1.82, 2.24) is 0 Å². The van der Waals surface area contributed by atoms with Crippen LogP contribution in [0.3, 0.4) is 0 Å². The molecule has 0 spiro atoms. The molecule has 0 heterocycles. The fourth-order valence-electron chi connectivity index (χ4n) is 1.78. The summed E-state index contributed by atoms with van der Waals surface area (Å²) in [7, 11) is 1.88. The van der Waals surface area contributed by atoms with Gasteiger partial charge in [0, 0.05) is 30.5 Å². The third-order valence-electron chi connectivity index (χ3n) is 2.48. The zero-order valence-electron chi connectivity index (χ0n) is 10.8. The van der Waals surface area contributed by atoms with E-state index in [9.17, 15) is 9.90 Å². The van der Waals surface area contributed by atoms with Crippen molar-refractivity contribution in [2.24, 2.45) is 0 Å². The summed E-state index contributed by atoms with van der Waals surface area (Å²) in [4.78, 5) is 13.1. The van der Waals surface area contributed by atoms with Crippen LogP contribution in [0.15, 0.2) is 18.2 Å². The highest BCUT2D eigenvalue weighted by Crippen LogP contribution is 2.22. The van der Waals surface area contributed by atoms with Gasteiger partial charge in [-0.15, -0.1) is 0 Å². The monoisotopic (exact) mass is 236 g/mol. The highest BCUT2D eigenvalue weighted by atomic mass is 16.3. The van der Waals surface area contributed by atoms with Crippen LogP contribution in [0.5, 0.6) is 0 Å². The Morgan fingerprint density at radius 1 is 1.47 bits per heavy atom. The first kappa shape index (κ1) is 13.5. The van der Waals surface area contributed by atoms with Gasteiger partial charge >= 0.3 is 0 Å². The second-order valence-electron chi connectivity index (χ2n) is 5.00. The molecule has 0 aliphatic heterocycles. The van der Waals surface area contributed by atoms with Crippen molar-refractivity contribution in [3.05, 3.63) is 23.8 Å². The second kappa shape index (κ2) is 4.75. The predicted octanol–water partition coefficient (Wildman–Crippen LogP) is 1.68. The SMILES string of the molecule is CC(=O)c1ccc(N(C)CC(C)(C)O)cc1N. The number of nitrogen functional groups attached to an aromatic ring is 1. The number of rotatable bonds is 4. The van der Waals surface area contributed by atoms with E-state index >= 15 is 0 Å². The first-order valence-corrected chi connectivity index (χ1v) is 5.55. The Bertz CT molecular complexity index is 422. The summed E-state index contributed by atoms with van der Waals surface area (Å²) in [5.41, 5.74) is 6.93. The zero-order chi connectivity index (χ0) is 13.2. The highest BCUT2D eigenvalue weighted by Gasteiger charge is 2.16. The van der Waals surface area contributed by atoms with Gasteiger partial charge in [0.05, 0.1) is 5.60 Å². The molecule has 0 aliphatic rings. The standard InChI is InChI=1S/C13H20N2O2/c1-9(16)11-6-5-10(7-12(11)14)15(4)8-13(2,3)17/h5-7,17H,8,14H2,1-4H3. The molecule has 0 amide bonds. The largest absolute Gasteiger partial charge is 0.398 e. The number of likely N-dealkylation sites (N-methyl/N-ethyl adjacent to an activating group) is 1. The molecule has 0 aliphatic carbocycles. The smallest absolute Gasteiger partial charge is 0.161 e. The van der Waals surface area contributed by atoms with Crippen LogP contribution in [0.2, 0.25) is 0 Å². The van der Waals surface area contributed by atoms with Crippen molar-refractivity contribution in [2.45, 2.75) is 26.4 Å². The zero-order valence-corrected chi connectivity index (χ0v) is 10.8. The number of nitrogens with zero attached hydrogens (tertiary/aromatic N) is 1. The van der Waals surface area contributed by atoms with E-state index in [4.69, 9.17) is 5.73 Å². The number of benzene rings is 1. The lowest BCUT2D eigenvalue weighted by molar-refractivity contribution is 0.0885. The van der Waals surface area contributed by atoms with Gasteiger partial charge in [0.2, 0.25) is 0 Å². The van der Waals surface area contributed by atoms with Crippen LogP contribution in [0.4, 0.5) is 11.4 Å². The average molecular weight is 236 g/mol. The molecular formula is C13H20N2O2. The van der Waals surface area contributed by atoms with Gasteiger partial charge in [0.1, 0.15) is 0 Å². The summed E-state index contributed by atoms with van der Waals surface area (Å²) >= 11 is 0. The van der Waals surface area contributed by atoms with Gasteiger partial charge in [-0.3, -0.25) is 4.79 Å². The van der Waals surface area contributed by atoms with Gasteiger partial charge in [-0.05, 0) is 39.0 Å². The van der Waals surface area contributed by atoms with E-state index in [2.05, 4.69) is 0 Å². The van der Waals surface area contributed by atoms with Crippen LogP contribution in [0.25, 0.3) is 0 Å². The molecule has 1 aromatic rings. The molecule has 1 rings (SSSR count). The molecule has 94 valence electrons. The van der Waals surface area contributed by atoms with Crippen LogP contribution in [0, 0.1) is 0 Å². The lowest BCUT2D eigenvalue weighted by Crippen LogP contribution is -2.36. The van der Waals surface area contributed by atoms with Crippen LogP contribution in [-0.2, 0) is 0 Å². The van der Waals surface area contributed by atoms with Crippen molar-refractivity contribution in [1.29, 1.82) is 0 Å². The van der Waals surface area contributed by atoms with Crippen molar-refractivity contribution >= 4 is 17.2 Å². The molecule has 0 fully saturated rings. The first-order chi connectivity index (χ1) is 7.70. The minimum atomic E-state index is -0.775. The molecule has 17 heavy (non-hydrogen) atoms. The Morgan fingerprint density at radius 2 is 2.06 bits per heavy atom. The molecule has 0 saturated carbocycles. The number of anilines is 2. The molecule has 0 atom stereocenters. The Hall–Kier alpha value is -1.55. The van der Waals surface area contributed by atoms with E-state index in [-0.39, 0.29) is 5.78 Å². The highest BCUT2D eigenvalue weighted by molar-refractivity contribution is 5.99. The molecule has 0 aromatic heterocycles. The summed E-state index contributed by atoms with van der Waals surface area (Å²) in [5.74, 6) is -0.0424. The van der Waals surface area contributed by atoms with Crippen molar-refractivity contribution in [3.8, 4) is 0 Å². The fourth-order valence-corrected chi connectivity index (χ4v) is 1.78. The topological polar surface area (TPSA) is 66.6 Å². The molecule has 0 bridgehead atoms. The number of nitrogens with two attached hydrogens (primary N) is 1. The van der Waals surface area contributed by atoms with E-state index in [1.165, 1.54) is 6.92 Å². The van der Waals surface area contributed by atoms with Crippen LogP contribution in [-0.4, -0.2) is 30.1 Å². The first-order valence-electron chi connectivity index (χ1n) is 5.55. The van der Waals surface area contributed by atoms with Crippen LogP contribution in [0.1, 0.15) is 31.1 Å². The maximum atomic E-state index is 11.2. The normalized spacial score (nSPS) is 11.4. The van der Waals surface area contributed by atoms with Crippen molar-refractivity contribution < 1.29 is 9.90 Å². The summed E-state index contributed by atoms with van der Waals surface area (Å²) in [6.45, 7) is 5.48. The third-order valence-corrected chi connectivity index (χ3v) is 2.48. The molecule has 4 nitrogen and oxygen atoms in total. The van der Waals surface area contributed by atoms with E-state index < -0.39 is 5.60 Å².